The Morgan fingerprint density at radius 1 is 1.07 bits per heavy atom. The lowest BCUT2D eigenvalue weighted by molar-refractivity contribution is -0.699. The van der Waals surface area contributed by atoms with E-state index in [0.717, 1.165) is 29.2 Å². The van der Waals surface area contributed by atoms with Gasteiger partial charge >= 0.3 is 0 Å². The zero-order chi connectivity index (χ0) is 10.5. The summed E-state index contributed by atoms with van der Waals surface area (Å²) in [6.07, 6.45) is 9.44. The highest BCUT2D eigenvalue weighted by atomic mass is 14.9. The van der Waals surface area contributed by atoms with Crippen LogP contribution in [0.15, 0.2) is 0 Å². The van der Waals surface area contributed by atoms with Gasteiger partial charge in [0.1, 0.15) is 0 Å². The predicted molar refractivity (Wildman–Crippen MR) is 62.5 cm³/mol. The van der Waals surface area contributed by atoms with Gasteiger partial charge in [0.15, 0.2) is 0 Å². The van der Waals surface area contributed by atoms with E-state index in [-0.39, 0.29) is 0 Å². The molecule has 4 rings (SSSR count). The molecule has 4 bridgehead atoms. The van der Waals surface area contributed by atoms with Crippen molar-refractivity contribution < 1.29 is 5.32 Å². The first-order valence-electron chi connectivity index (χ1n) is 7.05. The Hall–Kier alpha value is -0.0400. The van der Waals surface area contributed by atoms with Gasteiger partial charge in [0.05, 0.1) is 12.6 Å². The third-order valence-corrected chi connectivity index (χ3v) is 5.64. The van der Waals surface area contributed by atoms with Crippen LogP contribution in [0.5, 0.6) is 0 Å². The summed E-state index contributed by atoms with van der Waals surface area (Å²) in [6.45, 7) is 6.07. The van der Waals surface area contributed by atoms with Crippen molar-refractivity contribution in [1.82, 2.24) is 0 Å². The van der Waals surface area contributed by atoms with Crippen LogP contribution in [0.25, 0.3) is 0 Å². The fraction of sp³-hybridized carbons (Fsp3) is 1.00. The molecule has 0 spiro atoms. The Morgan fingerprint density at radius 2 is 1.53 bits per heavy atom. The second-order valence-corrected chi connectivity index (χ2v) is 6.71. The Kier molecular flexibility index (Phi) is 2.35. The zero-order valence-electron chi connectivity index (χ0n) is 10.3. The van der Waals surface area contributed by atoms with E-state index in [1.54, 1.807) is 38.5 Å². The molecule has 0 aromatic heterocycles. The number of hydrogen-bond acceptors (Lipinski definition) is 0. The minimum atomic E-state index is 0.755. The highest BCUT2D eigenvalue weighted by Crippen LogP contribution is 2.60. The first-order chi connectivity index (χ1) is 7.22. The summed E-state index contributed by atoms with van der Waals surface area (Å²) >= 11 is 0. The number of nitrogens with two attached hydrogens (primary N) is 1. The molecule has 4 fully saturated rings. The van der Waals surface area contributed by atoms with Gasteiger partial charge in [0.25, 0.3) is 0 Å². The molecule has 0 saturated heterocycles. The lowest BCUT2D eigenvalue weighted by Gasteiger charge is -2.57. The standard InChI is InChI=1S/C14H25N/c1-3-15-10(2)14-7-11-4-12(8-14)6-13(5-11)9-14/h10-13,15H,3-9H2,1-2H3/p+1/t10-,11?,12?,13?,14?/m0/s1. The second-order valence-electron chi connectivity index (χ2n) is 6.71. The van der Waals surface area contributed by atoms with E-state index in [0.29, 0.717) is 0 Å². The van der Waals surface area contributed by atoms with Crippen molar-refractivity contribution in [1.29, 1.82) is 0 Å². The third-order valence-electron chi connectivity index (χ3n) is 5.64. The first-order valence-corrected chi connectivity index (χ1v) is 7.05. The van der Waals surface area contributed by atoms with Crippen LogP contribution in [0.4, 0.5) is 0 Å². The summed E-state index contributed by atoms with van der Waals surface area (Å²) < 4.78 is 0. The summed E-state index contributed by atoms with van der Waals surface area (Å²) in [6, 6.07) is 0.885. The average molecular weight is 208 g/mol. The SMILES string of the molecule is CC[NH2+][C@@H](C)C12CC3CC(CC(C3)C1)C2. The zero-order valence-corrected chi connectivity index (χ0v) is 10.3. The molecule has 1 heteroatoms. The molecule has 0 heterocycles. The van der Waals surface area contributed by atoms with Gasteiger partial charge in [-0.3, -0.25) is 0 Å². The Bertz CT molecular complexity index is 210. The third kappa shape index (κ3) is 1.54. The van der Waals surface area contributed by atoms with E-state index in [9.17, 15) is 0 Å². The number of rotatable bonds is 3. The molecule has 0 radical (unpaired) electrons. The van der Waals surface area contributed by atoms with Crippen molar-refractivity contribution in [2.45, 2.75) is 58.4 Å². The van der Waals surface area contributed by atoms with E-state index in [1.165, 1.54) is 6.54 Å². The Morgan fingerprint density at radius 3 is 1.93 bits per heavy atom. The normalized spacial score (nSPS) is 49.6. The molecular formula is C14H26N+. The predicted octanol–water partition coefficient (Wildman–Crippen LogP) is 2.17. The molecule has 15 heavy (non-hydrogen) atoms. The molecule has 2 N–H and O–H groups in total. The summed E-state index contributed by atoms with van der Waals surface area (Å²) in [5.41, 5.74) is 0.755. The van der Waals surface area contributed by atoms with Gasteiger partial charge in [0, 0.05) is 5.41 Å². The summed E-state index contributed by atoms with van der Waals surface area (Å²) in [5.74, 6) is 3.34. The van der Waals surface area contributed by atoms with E-state index in [4.69, 9.17) is 0 Å². The van der Waals surface area contributed by atoms with Gasteiger partial charge in [0.2, 0.25) is 0 Å². The van der Waals surface area contributed by atoms with Gasteiger partial charge in [-0.2, -0.15) is 0 Å². The summed E-state index contributed by atoms with van der Waals surface area (Å²) in [4.78, 5) is 0. The molecule has 0 amide bonds. The maximum Gasteiger partial charge on any atom is 0.0887 e. The van der Waals surface area contributed by atoms with Crippen LogP contribution in [-0.4, -0.2) is 12.6 Å². The fourth-order valence-corrected chi connectivity index (χ4v) is 5.34. The van der Waals surface area contributed by atoms with Crippen molar-refractivity contribution in [3.05, 3.63) is 0 Å². The Labute approximate surface area is 94.0 Å². The molecule has 1 nitrogen and oxygen atoms in total. The van der Waals surface area contributed by atoms with Gasteiger partial charge in [-0.1, -0.05) is 0 Å². The molecule has 0 aromatic rings. The maximum absolute atomic E-state index is 2.59. The van der Waals surface area contributed by atoms with E-state index < -0.39 is 0 Å². The van der Waals surface area contributed by atoms with Crippen LogP contribution in [-0.2, 0) is 0 Å². The smallest absolute Gasteiger partial charge is 0.0887 e. The lowest BCUT2D eigenvalue weighted by atomic mass is 9.48. The van der Waals surface area contributed by atoms with Crippen molar-refractivity contribution in [2.24, 2.45) is 23.2 Å². The Balaban J connectivity index is 1.80. The molecule has 4 aliphatic carbocycles. The molecule has 4 aliphatic rings. The van der Waals surface area contributed by atoms with Crippen LogP contribution < -0.4 is 5.32 Å². The summed E-state index contributed by atoms with van der Waals surface area (Å²) in [5, 5.41) is 2.59. The van der Waals surface area contributed by atoms with Gasteiger partial charge in [-0.15, -0.1) is 0 Å². The molecule has 4 saturated carbocycles. The average Bonchev–Trinajstić information content (AvgIpc) is 2.15. The topological polar surface area (TPSA) is 16.6 Å². The molecular weight excluding hydrogens is 182 g/mol. The van der Waals surface area contributed by atoms with Crippen LogP contribution in [0.3, 0.4) is 0 Å². The lowest BCUT2D eigenvalue weighted by Crippen LogP contribution is -2.92. The minimum Gasteiger partial charge on any atom is -0.344 e. The van der Waals surface area contributed by atoms with Crippen LogP contribution in [0.1, 0.15) is 52.4 Å². The van der Waals surface area contributed by atoms with Crippen LogP contribution in [0.2, 0.25) is 0 Å². The number of hydrogen-bond donors (Lipinski definition) is 1. The molecule has 1 atom stereocenters. The van der Waals surface area contributed by atoms with Crippen molar-refractivity contribution in [3.63, 3.8) is 0 Å². The first kappa shape index (κ1) is 10.1. The number of quaternary nitrogens is 1. The fourth-order valence-electron chi connectivity index (χ4n) is 5.34. The summed E-state index contributed by atoms with van der Waals surface area (Å²) in [7, 11) is 0. The van der Waals surface area contributed by atoms with Crippen molar-refractivity contribution >= 4 is 0 Å². The largest absolute Gasteiger partial charge is 0.344 e. The van der Waals surface area contributed by atoms with Crippen LogP contribution in [0, 0.1) is 23.2 Å². The second kappa shape index (κ2) is 3.48. The van der Waals surface area contributed by atoms with E-state index >= 15 is 0 Å². The molecule has 0 aliphatic heterocycles. The monoisotopic (exact) mass is 208 g/mol. The quantitative estimate of drug-likeness (QED) is 0.732. The van der Waals surface area contributed by atoms with E-state index in [2.05, 4.69) is 19.2 Å². The van der Waals surface area contributed by atoms with Gasteiger partial charge in [-0.05, 0) is 70.1 Å². The van der Waals surface area contributed by atoms with Gasteiger partial charge in [-0.25, -0.2) is 0 Å². The highest BCUT2D eigenvalue weighted by molar-refractivity contribution is 5.03. The minimum absolute atomic E-state index is 0.755. The van der Waals surface area contributed by atoms with Crippen LogP contribution >= 0.6 is 0 Å². The molecule has 0 aromatic carbocycles. The van der Waals surface area contributed by atoms with E-state index in [1.807, 2.05) is 0 Å². The van der Waals surface area contributed by atoms with Gasteiger partial charge < -0.3 is 5.32 Å². The molecule has 86 valence electrons. The van der Waals surface area contributed by atoms with Crippen molar-refractivity contribution in [2.75, 3.05) is 6.54 Å². The molecule has 0 unspecified atom stereocenters. The highest BCUT2D eigenvalue weighted by Gasteiger charge is 2.54. The van der Waals surface area contributed by atoms with Crippen molar-refractivity contribution in [3.8, 4) is 0 Å². The maximum atomic E-state index is 2.59.